The van der Waals surface area contributed by atoms with Crippen molar-refractivity contribution in [2.75, 3.05) is 67.7 Å². The first-order valence-corrected chi connectivity index (χ1v) is 8.09. The average Bonchev–Trinajstić information content (AvgIpc) is 2.43. The minimum atomic E-state index is 0.165. The van der Waals surface area contributed by atoms with Crippen molar-refractivity contribution in [1.82, 2.24) is 9.80 Å². The lowest BCUT2D eigenvalue weighted by Gasteiger charge is -2.22. The van der Waals surface area contributed by atoms with Crippen LogP contribution in [-0.4, -0.2) is 89.7 Å². The monoisotopic (exact) mass is 304 g/mol. The number of hydrogen-bond donors (Lipinski definition) is 0. The van der Waals surface area contributed by atoms with Crippen LogP contribution in [0.1, 0.15) is 26.7 Å². The van der Waals surface area contributed by atoms with E-state index in [1.54, 1.807) is 0 Å². The molecule has 0 aliphatic carbocycles. The zero-order chi connectivity index (χ0) is 16.1. The quantitative estimate of drug-likeness (QED) is 0.457. The Morgan fingerprint density at radius 3 is 1.76 bits per heavy atom. The number of hydrogen-bond acceptors (Lipinski definition) is 5. The van der Waals surface area contributed by atoms with Gasteiger partial charge in [0, 0.05) is 13.1 Å². The molecule has 21 heavy (non-hydrogen) atoms. The molecule has 0 fully saturated rings. The Morgan fingerprint density at radius 1 is 0.714 bits per heavy atom. The number of nitrogens with zero attached hydrogens (tertiary/aromatic N) is 2. The molecular formula is C16H36N2O3. The van der Waals surface area contributed by atoms with E-state index in [4.69, 9.17) is 14.2 Å². The van der Waals surface area contributed by atoms with E-state index in [1.165, 1.54) is 0 Å². The fourth-order valence-electron chi connectivity index (χ4n) is 1.67. The van der Waals surface area contributed by atoms with Crippen LogP contribution in [0.15, 0.2) is 0 Å². The van der Waals surface area contributed by atoms with E-state index in [1.807, 2.05) is 14.1 Å². The van der Waals surface area contributed by atoms with Gasteiger partial charge in [-0.2, -0.15) is 0 Å². The van der Waals surface area contributed by atoms with Gasteiger partial charge in [0.05, 0.1) is 38.6 Å². The van der Waals surface area contributed by atoms with Gasteiger partial charge in [0.25, 0.3) is 0 Å². The number of ether oxygens (including phenoxy) is 3. The zero-order valence-corrected chi connectivity index (χ0v) is 14.9. The van der Waals surface area contributed by atoms with Gasteiger partial charge in [-0.3, -0.25) is 0 Å². The summed E-state index contributed by atoms with van der Waals surface area (Å²) in [7, 11) is 8.21. The largest absolute Gasteiger partial charge is 0.377 e. The maximum atomic E-state index is 5.93. The van der Waals surface area contributed by atoms with Crippen LogP contribution in [0.5, 0.6) is 0 Å². The van der Waals surface area contributed by atoms with Crippen LogP contribution in [0.2, 0.25) is 0 Å². The molecule has 0 bridgehead atoms. The van der Waals surface area contributed by atoms with E-state index in [9.17, 15) is 0 Å². The lowest BCUT2D eigenvalue weighted by Crippen LogP contribution is -2.29. The average molecular weight is 304 g/mol. The third kappa shape index (κ3) is 13.2. The second-order valence-corrected chi connectivity index (χ2v) is 5.95. The SMILES string of the molecule is CCC(COCCN(C)C)OCC(CC)OCCN(C)C. The van der Waals surface area contributed by atoms with Crippen molar-refractivity contribution in [3.63, 3.8) is 0 Å². The van der Waals surface area contributed by atoms with Crippen LogP contribution in [0, 0.1) is 0 Å². The Bertz CT molecular complexity index is 226. The highest BCUT2D eigenvalue weighted by Gasteiger charge is 2.12. The fourth-order valence-corrected chi connectivity index (χ4v) is 1.67. The Morgan fingerprint density at radius 2 is 1.24 bits per heavy atom. The van der Waals surface area contributed by atoms with Gasteiger partial charge in [-0.25, -0.2) is 0 Å². The van der Waals surface area contributed by atoms with Crippen molar-refractivity contribution in [3.05, 3.63) is 0 Å². The van der Waals surface area contributed by atoms with Crippen LogP contribution >= 0.6 is 0 Å². The van der Waals surface area contributed by atoms with Crippen LogP contribution < -0.4 is 0 Å². The second-order valence-electron chi connectivity index (χ2n) is 5.95. The minimum Gasteiger partial charge on any atom is -0.377 e. The third-order valence-electron chi connectivity index (χ3n) is 3.31. The van der Waals surface area contributed by atoms with E-state index in [0.717, 1.165) is 39.1 Å². The predicted octanol–water partition coefficient (Wildman–Crippen LogP) is 1.72. The van der Waals surface area contributed by atoms with Crippen molar-refractivity contribution in [3.8, 4) is 0 Å². The van der Waals surface area contributed by atoms with Crippen molar-refractivity contribution in [2.45, 2.75) is 38.9 Å². The van der Waals surface area contributed by atoms with Crippen molar-refractivity contribution in [1.29, 1.82) is 0 Å². The van der Waals surface area contributed by atoms with Crippen LogP contribution in [0.3, 0.4) is 0 Å². The first kappa shape index (κ1) is 20.8. The molecule has 5 nitrogen and oxygen atoms in total. The van der Waals surface area contributed by atoms with Gasteiger partial charge in [0.2, 0.25) is 0 Å². The van der Waals surface area contributed by atoms with E-state index in [0.29, 0.717) is 13.2 Å². The molecule has 128 valence electrons. The maximum Gasteiger partial charge on any atom is 0.0807 e. The molecule has 2 unspecified atom stereocenters. The molecule has 0 aliphatic heterocycles. The lowest BCUT2D eigenvalue weighted by molar-refractivity contribution is -0.0724. The Kier molecular flexibility index (Phi) is 13.3. The second kappa shape index (κ2) is 13.5. The minimum absolute atomic E-state index is 0.165. The van der Waals surface area contributed by atoms with Crippen molar-refractivity contribution < 1.29 is 14.2 Å². The molecular weight excluding hydrogens is 268 g/mol. The predicted molar refractivity (Wildman–Crippen MR) is 88.0 cm³/mol. The van der Waals surface area contributed by atoms with Gasteiger partial charge >= 0.3 is 0 Å². The molecule has 0 rings (SSSR count). The number of likely N-dealkylation sites (N-methyl/N-ethyl adjacent to an activating group) is 2. The summed E-state index contributed by atoms with van der Waals surface area (Å²) in [4.78, 5) is 4.24. The fraction of sp³-hybridized carbons (Fsp3) is 1.00. The van der Waals surface area contributed by atoms with E-state index in [-0.39, 0.29) is 12.2 Å². The van der Waals surface area contributed by atoms with Gasteiger partial charge in [-0.05, 0) is 41.0 Å². The summed E-state index contributed by atoms with van der Waals surface area (Å²) in [6, 6.07) is 0. The summed E-state index contributed by atoms with van der Waals surface area (Å²) in [6.45, 7) is 8.99. The van der Waals surface area contributed by atoms with Crippen LogP contribution in [0.4, 0.5) is 0 Å². The molecule has 0 heterocycles. The standard InChI is InChI=1S/C16H36N2O3/c1-7-15(13-19-11-9-17(3)4)21-14-16(8-2)20-12-10-18(5)6/h15-16H,7-14H2,1-6H3. The van der Waals surface area contributed by atoms with E-state index >= 15 is 0 Å². The van der Waals surface area contributed by atoms with Crippen molar-refractivity contribution >= 4 is 0 Å². The highest BCUT2D eigenvalue weighted by Crippen LogP contribution is 2.05. The molecule has 0 aromatic rings. The van der Waals surface area contributed by atoms with Crippen LogP contribution in [0.25, 0.3) is 0 Å². The smallest absolute Gasteiger partial charge is 0.0807 e. The summed E-state index contributed by atoms with van der Waals surface area (Å²) in [5, 5.41) is 0. The molecule has 0 N–H and O–H groups in total. The Balaban J connectivity index is 3.78. The summed E-state index contributed by atoms with van der Waals surface area (Å²) in [5.74, 6) is 0. The summed E-state index contributed by atoms with van der Waals surface area (Å²) in [5.41, 5.74) is 0. The molecule has 5 heteroatoms. The van der Waals surface area contributed by atoms with Crippen LogP contribution in [-0.2, 0) is 14.2 Å². The summed E-state index contributed by atoms with van der Waals surface area (Å²) < 4.78 is 17.4. The molecule has 0 saturated carbocycles. The van der Waals surface area contributed by atoms with Gasteiger partial charge < -0.3 is 24.0 Å². The molecule has 0 saturated heterocycles. The molecule has 2 atom stereocenters. The molecule has 0 amide bonds. The normalized spacial score (nSPS) is 14.9. The van der Waals surface area contributed by atoms with Gasteiger partial charge in [0.15, 0.2) is 0 Å². The summed E-state index contributed by atoms with van der Waals surface area (Å²) in [6.07, 6.45) is 2.29. The third-order valence-corrected chi connectivity index (χ3v) is 3.31. The topological polar surface area (TPSA) is 34.2 Å². The molecule has 0 spiro atoms. The zero-order valence-electron chi connectivity index (χ0n) is 14.9. The highest BCUT2D eigenvalue weighted by molar-refractivity contribution is 4.59. The summed E-state index contributed by atoms with van der Waals surface area (Å²) >= 11 is 0. The van der Waals surface area contributed by atoms with E-state index in [2.05, 4.69) is 37.7 Å². The number of rotatable bonds is 14. The van der Waals surface area contributed by atoms with Gasteiger partial charge in [0.1, 0.15) is 0 Å². The molecule has 0 aromatic carbocycles. The molecule has 0 aromatic heterocycles. The van der Waals surface area contributed by atoms with Gasteiger partial charge in [-0.1, -0.05) is 13.8 Å². The maximum absolute atomic E-state index is 5.93. The Labute approximate surface area is 131 Å². The molecule has 0 aliphatic rings. The lowest BCUT2D eigenvalue weighted by atomic mass is 10.2. The van der Waals surface area contributed by atoms with E-state index < -0.39 is 0 Å². The molecule has 0 radical (unpaired) electrons. The Hall–Kier alpha value is -0.200. The first-order chi connectivity index (χ1) is 9.99. The van der Waals surface area contributed by atoms with Gasteiger partial charge in [-0.15, -0.1) is 0 Å². The van der Waals surface area contributed by atoms with Crippen molar-refractivity contribution in [2.24, 2.45) is 0 Å². The first-order valence-electron chi connectivity index (χ1n) is 8.09. The highest BCUT2D eigenvalue weighted by atomic mass is 16.6.